The van der Waals surface area contributed by atoms with Gasteiger partial charge in [0.15, 0.2) is 5.82 Å². The summed E-state index contributed by atoms with van der Waals surface area (Å²) in [5, 5.41) is 2.74. The maximum atomic E-state index is 13.1. The number of carbonyl (C=O) groups is 3. The van der Waals surface area contributed by atoms with Crippen LogP contribution in [0.25, 0.3) is 0 Å². The van der Waals surface area contributed by atoms with Crippen molar-refractivity contribution in [3.63, 3.8) is 0 Å². The van der Waals surface area contributed by atoms with Gasteiger partial charge in [0.25, 0.3) is 11.8 Å². The Hall–Kier alpha value is -2.84. The molecule has 3 amide bonds. The molecule has 9 nitrogen and oxygen atoms in total. The fraction of sp³-hybridized carbons (Fsp3) is 0.579. The van der Waals surface area contributed by atoms with Crippen molar-refractivity contribution >= 4 is 17.9 Å². The first-order valence-corrected chi connectivity index (χ1v) is 9.76. The third-order valence-electron chi connectivity index (χ3n) is 5.02. The molecular weight excluding hydrogens is 362 g/mol. The average Bonchev–Trinajstić information content (AvgIpc) is 3.11. The van der Waals surface area contributed by atoms with Crippen LogP contribution in [0.1, 0.15) is 46.6 Å². The summed E-state index contributed by atoms with van der Waals surface area (Å²) < 4.78 is 6.88. The van der Waals surface area contributed by atoms with Gasteiger partial charge in [-0.2, -0.15) is 0 Å². The van der Waals surface area contributed by atoms with Crippen LogP contribution < -0.4 is 5.32 Å². The molecule has 1 saturated heterocycles. The molecule has 1 fully saturated rings. The first kappa shape index (κ1) is 19.9. The summed E-state index contributed by atoms with van der Waals surface area (Å²) in [6.07, 6.45) is 3.90. The van der Waals surface area contributed by atoms with Gasteiger partial charge in [0.05, 0.1) is 12.3 Å². The van der Waals surface area contributed by atoms with Crippen LogP contribution in [-0.4, -0.2) is 76.6 Å². The third-order valence-corrected chi connectivity index (χ3v) is 5.02. The van der Waals surface area contributed by atoms with Crippen LogP contribution in [0.3, 0.4) is 0 Å². The standard InChI is InChI=1S/C19H27N5O4/c1-3-8-20-17(25)16-21-15(14-7-5-6-9-24(14)16)18(26)22-10-12-23(13-11-22)19(27)28-4-2/h3H,1,4-13H2,2H3,(H,20,25). The minimum Gasteiger partial charge on any atom is -0.450 e. The Morgan fingerprint density at radius 3 is 2.54 bits per heavy atom. The molecule has 2 aliphatic heterocycles. The number of fused-ring (bicyclic) bond motifs is 1. The van der Waals surface area contributed by atoms with Crippen molar-refractivity contribution in [2.24, 2.45) is 0 Å². The van der Waals surface area contributed by atoms with E-state index in [9.17, 15) is 14.4 Å². The van der Waals surface area contributed by atoms with Gasteiger partial charge in [0.1, 0.15) is 5.69 Å². The molecule has 152 valence electrons. The summed E-state index contributed by atoms with van der Waals surface area (Å²) >= 11 is 0. The van der Waals surface area contributed by atoms with Crippen molar-refractivity contribution in [1.82, 2.24) is 24.7 Å². The minimum atomic E-state index is -0.352. The molecule has 2 aliphatic rings. The van der Waals surface area contributed by atoms with Crippen molar-refractivity contribution in [2.75, 3.05) is 39.3 Å². The number of piperazine rings is 1. The van der Waals surface area contributed by atoms with Crippen LogP contribution in [0, 0.1) is 0 Å². The Kier molecular flexibility index (Phi) is 6.33. The van der Waals surface area contributed by atoms with Crippen molar-refractivity contribution in [3.8, 4) is 0 Å². The molecule has 0 saturated carbocycles. The van der Waals surface area contributed by atoms with Gasteiger partial charge in [-0.1, -0.05) is 6.08 Å². The van der Waals surface area contributed by atoms with Crippen LogP contribution in [0.4, 0.5) is 4.79 Å². The molecule has 28 heavy (non-hydrogen) atoms. The minimum absolute atomic E-state index is 0.183. The van der Waals surface area contributed by atoms with Gasteiger partial charge >= 0.3 is 6.09 Å². The number of carbonyl (C=O) groups excluding carboxylic acids is 3. The van der Waals surface area contributed by atoms with Gasteiger partial charge in [0.2, 0.25) is 0 Å². The number of nitrogens with zero attached hydrogens (tertiary/aromatic N) is 4. The number of imidazole rings is 1. The number of ether oxygens (including phenoxy) is 1. The van der Waals surface area contributed by atoms with Crippen LogP contribution in [0.5, 0.6) is 0 Å². The predicted octanol–water partition coefficient (Wildman–Crippen LogP) is 1.05. The number of hydrogen-bond acceptors (Lipinski definition) is 5. The molecule has 0 aromatic carbocycles. The van der Waals surface area contributed by atoms with E-state index in [1.807, 2.05) is 4.57 Å². The second kappa shape index (κ2) is 8.90. The Balaban J connectivity index is 1.75. The van der Waals surface area contributed by atoms with Crippen molar-refractivity contribution in [2.45, 2.75) is 32.7 Å². The number of aromatic nitrogens is 2. The molecule has 9 heteroatoms. The molecule has 0 atom stereocenters. The van der Waals surface area contributed by atoms with E-state index in [2.05, 4.69) is 16.9 Å². The molecular formula is C19H27N5O4. The third kappa shape index (κ3) is 4.02. The largest absolute Gasteiger partial charge is 0.450 e. The summed E-state index contributed by atoms with van der Waals surface area (Å²) in [7, 11) is 0. The molecule has 0 bridgehead atoms. The predicted molar refractivity (Wildman–Crippen MR) is 102 cm³/mol. The normalized spacial score (nSPS) is 16.3. The zero-order valence-electron chi connectivity index (χ0n) is 16.3. The number of nitrogens with one attached hydrogen (secondary N) is 1. The number of rotatable bonds is 5. The Morgan fingerprint density at radius 1 is 1.14 bits per heavy atom. The Bertz CT molecular complexity index is 765. The van der Waals surface area contributed by atoms with Gasteiger partial charge in [0, 0.05) is 39.3 Å². The van der Waals surface area contributed by atoms with Crippen LogP contribution in [0.2, 0.25) is 0 Å². The fourth-order valence-electron chi connectivity index (χ4n) is 3.59. The van der Waals surface area contributed by atoms with E-state index in [1.165, 1.54) is 0 Å². The molecule has 0 spiro atoms. The fourth-order valence-corrected chi connectivity index (χ4v) is 3.59. The van der Waals surface area contributed by atoms with Crippen LogP contribution >= 0.6 is 0 Å². The SMILES string of the molecule is C=CCNC(=O)c1nc(C(=O)N2CCN(C(=O)OCC)CC2)c2n1CCCC2. The highest BCUT2D eigenvalue weighted by Gasteiger charge is 2.32. The van der Waals surface area contributed by atoms with E-state index in [4.69, 9.17) is 4.74 Å². The maximum absolute atomic E-state index is 13.1. The van der Waals surface area contributed by atoms with Gasteiger partial charge in [-0.15, -0.1) is 6.58 Å². The lowest BCUT2D eigenvalue weighted by Gasteiger charge is -2.33. The van der Waals surface area contributed by atoms with Gasteiger partial charge in [-0.3, -0.25) is 9.59 Å². The Morgan fingerprint density at radius 2 is 1.86 bits per heavy atom. The summed E-state index contributed by atoms with van der Waals surface area (Å²) in [6.45, 7) is 8.41. The quantitative estimate of drug-likeness (QED) is 0.760. The molecule has 0 unspecified atom stereocenters. The first-order valence-electron chi connectivity index (χ1n) is 9.76. The topological polar surface area (TPSA) is 96.8 Å². The molecule has 3 rings (SSSR count). The molecule has 0 radical (unpaired) electrons. The van der Waals surface area contributed by atoms with E-state index < -0.39 is 0 Å². The summed E-state index contributed by atoms with van der Waals surface area (Å²) in [6, 6.07) is 0. The molecule has 1 aromatic heterocycles. The maximum Gasteiger partial charge on any atom is 0.409 e. The van der Waals surface area contributed by atoms with Crippen molar-refractivity contribution < 1.29 is 19.1 Å². The summed E-state index contributed by atoms with van der Waals surface area (Å²) in [5.74, 6) is -0.198. The first-order chi connectivity index (χ1) is 13.6. The number of hydrogen-bond donors (Lipinski definition) is 1. The second-order valence-corrected chi connectivity index (χ2v) is 6.82. The monoisotopic (exact) mass is 389 g/mol. The lowest BCUT2D eigenvalue weighted by Crippen LogP contribution is -2.51. The summed E-state index contributed by atoms with van der Waals surface area (Å²) in [4.78, 5) is 45.1. The van der Waals surface area contributed by atoms with E-state index >= 15 is 0 Å². The zero-order valence-corrected chi connectivity index (χ0v) is 16.3. The molecule has 1 aromatic rings. The molecule has 0 aliphatic carbocycles. The molecule has 1 N–H and O–H groups in total. The molecule has 3 heterocycles. The van der Waals surface area contributed by atoms with E-state index in [-0.39, 0.29) is 23.7 Å². The van der Waals surface area contributed by atoms with Crippen molar-refractivity contribution in [1.29, 1.82) is 0 Å². The number of amides is 3. The Labute approximate surface area is 164 Å². The van der Waals surface area contributed by atoms with Crippen LogP contribution in [-0.2, 0) is 17.7 Å². The van der Waals surface area contributed by atoms with Crippen molar-refractivity contribution in [3.05, 3.63) is 29.9 Å². The smallest absolute Gasteiger partial charge is 0.409 e. The lowest BCUT2D eigenvalue weighted by atomic mass is 10.1. The highest BCUT2D eigenvalue weighted by atomic mass is 16.6. The highest BCUT2D eigenvalue weighted by Crippen LogP contribution is 2.23. The second-order valence-electron chi connectivity index (χ2n) is 6.82. The van der Waals surface area contributed by atoms with Gasteiger partial charge in [-0.25, -0.2) is 9.78 Å². The van der Waals surface area contributed by atoms with E-state index in [1.54, 1.807) is 22.8 Å². The van der Waals surface area contributed by atoms with Gasteiger partial charge in [-0.05, 0) is 26.2 Å². The lowest BCUT2D eigenvalue weighted by molar-refractivity contribution is 0.0565. The average molecular weight is 389 g/mol. The zero-order chi connectivity index (χ0) is 20.1. The summed E-state index contributed by atoms with van der Waals surface area (Å²) in [5.41, 5.74) is 1.18. The van der Waals surface area contributed by atoms with Gasteiger partial charge < -0.3 is 24.4 Å². The van der Waals surface area contributed by atoms with Crippen LogP contribution in [0.15, 0.2) is 12.7 Å². The van der Waals surface area contributed by atoms with E-state index in [0.29, 0.717) is 51.6 Å². The van der Waals surface area contributed by atoms with E-state index in [0.717, 1.165) is 25.0 Å². The highest BCUT2D eigenvalue weighted by molar-refractivity contribution is 5.97.